The Labute approximate surface area is 203 Å². The van der Waals surface area contributed by atoms with Crippen LogP contribution in [0, 0.1) is 0 Å². The van der Waals surface area contributed by atoms with Gasteiger partial charge in [-0.05, 0) is 28.7 Å². The van der Waals surface area contributed by atoms with E-state index in [-0.39, 0.29) is 36.9 Å². The summed E-state index contributed by atoms with van der Waals surface area (Å²) in [5.41, 5.74) is 4.65. The van der Waals surface area contributed by atoms with E-state index in [1.165, 1.54) is 15.8 Å². The fraction of sp³-hybridized carbons (Fsp3) is 0.308. The van der Waals surface area contributed by atoms with Crippen LogP contribution in [-0.4, -0.2) is 57.5 Å². The standard InChI is InChI=1S/C26H28N4O5/c1-3-13-30(14-12-23(31)32)25(33)21-15-27-29(2)24(21)28-26(34)35-16-22-19-10-6-4-8-17(19)18-9-5-7-11-20(18)22/h4-11,15,22H,3,12-14,16H2,1-2H3,(H,28,34)(H,31,32). The number of aryl methyl sites for hydroxylation is 1. The van der Waals surface area contributed by atoms with E-state index in [1.54, 1.807) is 7.05 Å². The monoisotopic (exact) mass is 476 g/mol. The fourth-order valence-corrected chi connectivity index (χ4v) is 4.46. The number of carboxylic acids is 1. The lowest BCUT2D eigenvalue weighted by Gasteiger charge is -2.21. The molecule has 1 heterocycles. The van der Waals surface area contributed by atoms with Gasteiger partial charge in [-0.3, -0.25) is 19.6 Å². The molecule has 2 amide bonds. The maximum atomic E-state index is 13.1. The molecule has 3 aromatic rings. The average Bonchev–Trinajstić information content (AvgIpc) is 3.37. The molecule has 0 spiro atoms. The van der Waals surface area contributed by atoms with Crippen LogP contribution < -0.4 is 5.32 Å². The van der Waals surface area contributed by atoms with Gasteiger partial charge in [-0.2, -0.15) is 5.10 Å². The molecule has 1 aliphatic rings. The van der Waals surface area contributed by atoms with Gasteiger partial charge in [0.05, 0.1) is 12.6 Å². The van der Waals surface area contributed by atoms with Crippen molar-refractivity contribution in [3.8, 4) is 11.1 Å². The van der Waals surface area contributed by atoms with Gasteiger partial charge in [-0.15, -0.1) is 0 Å². The second kappa shape index (κ2) is 10.4. The Morgan fingerprint density at radius 2 is 1.69 bits per heavy atom. The van der Waals surface area contributed by atoms with E-state index in [2.05, 4.69) is 22.5 Å². The number of fused-ring (bicyclic) bond motifs is 3. The second-order valence-electron chi connectivity index (χ2n) is 8.42. The number of nitrogens with one attached hydrogen (secondary N) is 1. The van der Waals surface area contributed by atoms with Crippen LogP contribution in [0.2, 0.25) is 0 Å². The first-order valence-corrected chi connectivity index (χ1v) is 11.6. The van der Waals surface area contributed by atoms with Crippen LogP contribution in [0.25, 0.3) is 11.1 Å². The van der Waals surface area contributed by atoms with E-state index in [9.17, 15) is 14.4 Å². The molecule has 4 rings (SSSR count). The summed E-state index contributed by atoms with van der Waals surface area (Å²) in [5, 5.41) is 15.8. The first-order chi connectivity index (χ1) is 16.9. The third kappa shape index (κ3) is 5.03. The summed E-state index contributed by atoms with van der Waals surface area (Å²) < 4.78 is 6.98. The zero-order valence-corrected chi connectivity index (χ0v) is 19.7. The lowest BCUT2D eigenvalue weighted by molar-refractivity contribution is -0.137. The number of anilines is 1. The van der Waals surface area contributed by atoms with Gasteiger partial charge < -0.3 is 14.7 Å². The van der Waals surface area contributed by atoms with Gasteiger partial charge in [0.15, 0.2) is 0 Å². The molecule has 182 valence electrons. The van der Waals surface area contributed by atoms with Crippen LogP contribution >= 0.6 is 0 Å². The predicted molar refractivity (Wildman–Crippen MR) is 130 cm³/mol. The summed E-state index contributed by atoms with van der Waals surface area (Å²) in [6.45, 7) is 2.51. The highest BCUT2D eigenvalue weighted by Gasteiger charge is 2.29. The molecule has 0 saturated heterocycles. The molecule has 1 aliphatic carbocycles. The number of ether oxygens (including phenoxy) is 1. The number of aromatic nitrogens is 2. The minimum Gasteiger partial charge on any atom is -0.481 e. The predicted octanol–water partition coefficient (Wildman–Crippen LogP) is 4.11. The number of hydrogen-bond donors (Lipinski definition) is 2. The largest absolute Gasteiger partial charge is 0.481 e. The minimum atomic E-state index is -0.984. The van der Waals surface area contributed by atoms with Gasteiger partial charge in [-0.1, -0.05) is 55.5 Å². The van der Waals surface area contributed by atoms with Gasteiger partial charge in [0.2, 0.25) is 0 Å². The van der Waals surface area contributed by atoms with Crippen LogP contribution in [0.5, 0.6) is 0 Å². The van der Waals surface area contributed by atoms with E-state index in [0.717, 1.165) is 22.3 Å². The first-order valence-electron chi connectivity index (χ1n) is 11.6. The molecule has 0 unspecified atom stereocenters. The zero-order valence-electron chi connectivity index (χ0n) is 19.7. The van der Waals surface area contributed by atoms with Gasteiger partial charge in [0, 0.05) is 26.1 Å². The van der Waals surface area contributed by atoms with E-state index < -0.39 is 18.0 Å². The van der Waals surface area contributed by atoms with E-state index in [1.807, 2.05) is 43.3 Å². The minimum absolute atomic E-state index is 0.0707. The van der Waals surface area contributed by atoms with Crippen molar-refractivity contribution in [2.75, 3.05) is 25.0 Å². The quantitative estimate of drug-likeness (QED) is 0.481. The number of nitrogens with zero attached hydrogens (tertiary/aromatic N) is 3. The molecule has 0 radical (unpaired) electrons. The van der Waals surface area contributed by atoms with Crippen LogP contribution in [0.15, 0.2) is 54.7 Å². The number of carboxylic acid groups (broad SMARTS) is 1. The van der Waals surface area contributed by atoms with E-state index in [4.69, 9.17) is 9.84 Å². The Balaban J connectivity index is 1.46. The number of rotatable bonds is 9. The van der Waals surface area contributed by atoms with Crippen LogP contribution in [0.3, 0.4) is 0 Å². The Bertz CT molecular complexity index is 1210. The zero-order chi connectivity index (χ0) is 24.9. The molecular weight excluding hydrogens is 448 g/mol. The molecule has 9 heteroatoms. The van der Waals surface area contributed by atoms with Gasteiger partial charge in [0.1, 0.15) is 18.0 Å². The topological polar surface area (TPSA) is 114 Å². The van der Waals surface area contributed by atoms with Gasteiger partial charge >= 0.3 is 12.1 Å². The van der Waals surface area contributed by atoms with Crippen LogP contribution in [0.4, 0.5) is 10.6 Å². The summed E-state index contributed by atoms with van der Waals surface area (Å²) >= 11 is 0. The molecule has 35 heavy (non-hydrogen) atoms. The molecule has 0 saturated carbocycles. The molecule has 9 nitrogen and oxygen atoms in total. The maximum Gasteiger partial charge on any atom is 0.412 e. The summed E-state index contributed by atoms with van der Waals surface area (Å²) in [4.78, 5) is 38.3. The van der Waals surface area contributed by atoms with Crippen molar-refractivity contribution in [1.82, 2.24) is 14.7 Å². The average molecular weight is 477 g/mol. The lowest BCUT2D eigenvalue weighted by atomic mass is 9.98. The molecule has 0 atom stereocenters. The van der Waals surface area contributed by atoms with Crippen molar-refractivity contribution in [3.05, 3.63) is 71.4 Å². The van der Waals surface area contributed by atoms with Gasteiger partial charge in [0.25, 0.3) is 5.91 Å². The second-order valence-corrected chi connectivity index (χ2v) is 8.42. The smallest absolute Gasteiger partial charge is 0.412 e. The SMILES string of the molecule is CCCN(CCC(=O)O)C(=O)c1cnn(C)c1NC(=O)OCC1c2ccccc2-c2ccccc21. The van der Waals surface area contributed by atoms with Crippen molar-refractivity contribution in [1.29, 1.82) is 0 Å². The Kier molecular flexibility index (Phi) is 7.14. The molecule has 2 N–H and O–H groups in total. The third-order valence-electron chi connectivity index (χ3n) is 6.11. The molecular formula is C26H28N4O5. The van der Waals surface area contributed by atoms with Crippen LogP contribution in [0.1, 0.15) is 47.2 Å². The third-order valence-corrected chi connectivity index (χ3v) is 6.11. The lowest BCUT2D eigenvalue weighted by Crippen LogP contribution is -2.34. The fourth-order valence-electron chi connectivity index (χ4n) is 4.46. The number of benzene rings is 2. The number of amides is 2. The number of hydrogen-bond acceptors (Lipinski definition) is 5. The van der Waals surface area contributed by atoms with Gasteiger partial charge in [-0.25, -0.2) is 4.79 Å². The van der Waals surface area contributed by atoms with E-state index >= 15 is 0 Å². The van der Waals surface area contributed by atoms with E-state index in [0.29, 0.717) is 13.0 Å². The normalized spacial score (nSPS) is 12.1. The van der Waals surface area contributed by atoms with Crippen molar-refractivity contribution < 1.29 is 24.2 Å². The molecule has 1 aromatic heterocycles. The highest BCUT2D eigenvalue weighted by molar-refractivity contribution is 6.01. The van der Waals surface area contributed by atoms with Crippen LogP contribution in [-0.2, 0) is 16.6 Å². The Hall–Kier alpha value is -4.14. The summed E-state index contributed by atoms with van der Waals surface area (Å²) in [6.07, 6.45) is 1.17. The number of carbonyl (C=O) groups is 3. The summed E-state index contributed by atoms with van der Waals surface area (Å²) in [7, 11) is 1.61. The van der Waals surface area contributed by atoms with Crippen molar-refractivity contribution >= 4 is 23.8 Å². The Morgan fingerprint density at radius 3 is 2.29 bits per heavy atom. The molecule has 0 aliphatic heterocycles. The molecule has 0 bridgehead atoms. The summed E-state index contributed by atoms with van der Waals surface area (Å²) in [5.74, 6) is -1.27. The van der Waals surface area contributed by atoms with Crippen molar-refractivity contribution in [2.45, 2.75) is 25.7 Å². The summed E-state index contributed by atoms with van der Waals surface area (Å²) in [6, 6.07) is 16.1. The molecule has 0 fully saturated rings. The first kappa shape index (κ1) is 24.0. The number of aliphatic carboxylic acids is 1. The highest BCUT2D eigenvalue weighted by Crippen LogP contribution is 2.44. The number of carbonyl (C=O) groups excluding carboxylic acids is 2. The Morgan fingerprint density at radius 1 is 1.06 bits per heavy atom. The highest BCUT2D eigenvalue weighted by atomic mass is 16.5. The molecule has 2 aromatic carbocycles. The van der Waals surface area contributed by atoms with Crippen molar-refractivity contribution in [3.63, 3.8) is 0 Å². The maximum absolute atomic E-state index is 13.1. The van der Waals surface area contributed by atoms with Crippen molar-refractivity contribution in [2.24, 2.45) is 7.05 Å².